The first-order valence-corrected chi connectivity index (χ1v) is 14.3. The Bertz CT molecular complexity index is 982. The van der Waals surface area contributed by atoms with Crippen molar-refractivity contribution in [3.05, 3.63) is 64.2 Å². The highest BCUT2D eigenvalue weighted by atomic mass is 19.2. The molecule has 0 saturated heterocycles. The fraction of sp³-hybridized carbons (Fsp3) is 0.625. The number of aryl methyl sites for hydroxylation is 1. The third kappa shape index (κ3) is 5.30. The molecular formula is C32H42F2O. The monoisotopic (exact) mass is 480 g/mol. The predicted octanol–water partition coefficient (Wildman–Crippen LogP) is 9.79. The molecule has 35 heavy (non-hydrogen) atoms. The number of fused-ring (bicyclic) bond motifs is 1. The molecule has 2 aliphatic carbocycles. The van der Waals surface area contributed by atoms with Crippen LogP contribution < -0.4 is 4.74 Å². The highest BCUT2D eigenvalue weighted by molar-refractivity contribution is 5.44. The number of hydrogen-bond acceptors (Lipinski definition) is 1. The SMILES string of the molecule is CCCC1CCC(c2cc3c(c(F)c2F)OC(c2ccc(C4CCC(CC)CC4)cc2)CC3)CC1. The molecule has 2 saturated carbocycles. The predicted molar refractivity (Wildman–Crippen MR) is 139 cm³/mol. The summed E-state index contributed by atoms with van der Waals surface area (Å²) in [6, 6.07) is 10.7. The Morgan fingerprint density at radius 2 is 1.37 bits per heavy atom. The van der Waals surface area contributed by atoms with Gasteiger partial charge < -0.3 is 4.74 Å². The largest absolute Gasteiger partial charge is 0.482 e. The zero-order chi connectivity index (χ0) is 24.4. The van der Waals surface area contributed by atoms with Crippen molar-refractivity contribution in [3.63, 3.8) is 0 Å². The first-order chi connectivity index (χ1) is 17.1. The van der Waals surface area contributed by atoms with E-state index in [2.05, 4.69) is 38.1 Å². The van der Waals surface area contributed by atoms with E-state index in [0.29, 0.717) is 11.5 Å². The maximum absolute atomic E-state index is 15.3. The van der Waals surface area contributed by atoms with Gasteiger partial charge in [-0.1, -0.05) is 57.4 Å². The summed E-state index contributed by atoms with van der Waals surface area (Å²) < 4.78 is 36.6. The summed E-state index contributed by atoms with van der Waals surface area (Å²) >= 11 is 0. The van der Waals surface area contributed by atoms with Gasteiger partial charge >= 0.3 is 0 Å². The van der Waals surface area contributed by atoms with E-state index in [-0.39, 0.29) is 17.8 Å². The van der Waals surface area contributed by atoms with Gasteiger partial charge in [0.2, 0.25) is 5.82 Å². The minimum absolute atomic E-state index is 0.139. The van der Waals surface area contributed by atoms with Crippen LogP contribution in [0.3, 0.4) is 0 Å². The van der Waals surface area contributed by atoms with Crippen LogP contribution in [-0.4, -0.2) is 0 Å². The van der Waals surface area contributed by atoms with E-state index in [9.17, 15) is 0 Å². The van der Waals surface area contributed by atoms with E-state index in [4.69, 9.17) is 4.74 Å². The summed E-state index contributed by atoms with van der Waals surface area (Å²) in [6.07, 6.45) is 14.5. The van der Waals surface area contributed by atoms with Crippen molar-refractivity contribution in [2.75, 3.05) is 0 Å². The molecule has 1 heterocycles. The highest BCUT2D eigenvalue weighted by Crippen LogP contribution is 2.44. The van der Waals surface area contributed by atoms with Crippen molar-refractivity contribution in [1.82, 2.24) is 0 Å². The molecule has 2 aromatic rings. The Morgan fingerprint density at radius 1 is 0.743 bits per heavy atom. The number of rotatable bonds is 6. The van der Waals surface area contributed by atoms with Gasteiger partial charge in [-0.25, -0.2) is 4.39 Å². The second-order valence-electron chi connectivity index (χ2n) is 11.5. The summed E-state index contributed by atoms with van der Waals surface area (Å²) in [5, 5.41) is 0. The summed E-state index contributed by atoms with van der Waals surface area (Å²) in [7, 11) is 0. The van der Waals surface area contributed by atoms with Crippen molar-refractivity contribution in [2.24, 2.45) is 11.8 Å². The Morgan fingerprint density at radius 3 is 2.03 bits per heavy atom. The second kappa shape index (κ2) is 11.0. The van der Waals surface area contributed by atoms with Crippen LogP contribution in [0.1, 0.15) is 131 Å². The molecule has 2 aromatic carbocycles. The quantitative estimate of drug-likeness (QED) is 0.400. The van der Waals surface area contributed by atoms with E-state index in [1.165, 1.54) is 50.5 Å². The molecule has 0 bridgehead atoms. The minimum atomic E-state index is -0.776. The second-order valence-corrected chi connectivity index (χ2v) is 11.5. The van der Waals surface area contributed by atoms with Gasteiger partial charge in [-0.3, -0.25) is 0 Å². The average molecular weight is 481 g/mol. The maximum atomic E-state index is 15.3. The first kappa shape index (κ1) is 24.8. The highest BCUT2D eigenvalue weighted by Gasteiger charge is 2.32. The zero-order valence-corrected chi connectivity index (χ0v) is 21.6. The van der Waals surface area contributed by atoms with Crippen LogP contribution in [0.5, 0.6) is 5.75 Å². The number of ether oxygens (including phenoxy) is 1. The van der Waals surface area contributed by atoms with Crippen LogP contribution in [0.4, 0.5) is 8.78 Å². The van der Waals surface area contributed by atoms with Gasteiger partial charge in [-0.05, 0) is 116 Å². The fourth-order valence-corrected chi connectivity index (χ4v) is 7.07. The van der Waals surface area contributed by atoms with Gasteiger partial charge in [0.1, 0.15) is 6.10 Å². The lowest BCUT2D eigenvalue weighted by Crippen LogP contribution is -2.20. The molecule has 1 nitrogen and oxygen atoms in total. The van der Waals surface area contributed by atoms with Crippen LogP contribution >= 0.6 is 0 Å². The van der Waals surface area contributed by atoms with Crippen molar-refractivity contribution in [2.45, 2.75) is 115 Å². The number of halogens is 2. The van der Waals surface area contributed by atoms with Crippen molar-refractivity contribution in [3.8, 4) is 5.75 Å². The third-order valence-electron chi connectivity index (χ3n) is 9.39. The van der Waals surface area contributed by atoms with Gasteiger partial charge in [0, 0.05) is 0 Å². The molecule has 0 spiro atoms. The summed E-state index contributed by atoms with van der Waals surface area (Å²) in [6.45, 7) is 4.53. The van der Waals surface area contributed by atoms with Crippen molar-refractivity contribution < 1.29 is 13.5 Å². The van der Waals surface area contributed by atoms with E-state index in [1.807, 2.05) is 6.07 Å². The standard InChI is InChI=1S/C32H42F2O/c1-3-5-22-8-12-25(13-9-22)28-20-27-18-19-29(35-32(27)31(34)30(28)33)26-16-14-24(15-17-26)23-10-6-21(4-2)7-11-23/h14-17,20-23,25,29H,3-13,18-19H2,1-2H3. The molecular weight excluding hydrogens is 438 g/mol. The fourth-order valence-electron chi connectivity index (χ4n) is 7.07. The van der Waals surface area contributed by atoms with Gasteiger partial charge in [-0.2, -0.15) is 4.39 Å². The van der Waals surface area contributed by atoms with E-state index >= 15 is 8.78 Å². The molecule has 2 fully saturated rings. The molecule has 1 unspecified atom stereocenters. The van der Waals surface area contributed by atoms with Crippen molar-refractivity contribution >= 4 is 0 Å². The van der Waals surface area contributed by atoms with E-state index < -0.39 is 11.6 Å². The summed E-state index contributed by atoms with van der Waals surface area (Å²) in [5.41, 5.74) is 3.91. The molecule has 3 aliphatic rings. The molecule has 0 radical (unpaired) electrons. The molecule has 5 rings (SSSR count). The van der Waals surface area contributed by atoms with Gasteiger partial charge in [-0.15, -0.1) is 0 Å². The van der Waals surface area contributed by atoms with Gasteiger partial charge in [0.05, 0.1) is 0 Å². The normalized spacial score (nSPS) is 28.9. The Balaban J connectivity index is 1.26. The van der Waals surface area contributed by atoms with Crippen LogP contribution in [0, 0.1) is 23.5 Å². The Hall–Kier alpha value is -1.90. The molecule has 190 valence electrons. The molecule has 1 atom stereocenters. The van der Waals surface area contributed by atoms with E-state index in [0.717, 1.165) is 61.5 Å². The summed E-state index contributed by atoms with van der Waals surface area (Å²) in [4.78, 5) is 0. The average Bonchev–Trinajstić information content (AvgIpc) is 2.91. The van der Waals surface area contributed by atoms with Gasteiger partial charge in [0.15, 0.2) is 11.6 Å². The summed E-state index contributed by atoms with van der Waals surface area (Å²) in [5.74, 6) is 1.13. The van der Waals surface area contributed by atoms with Crippen LogP contribution in [0.15, 0.2) is 30.3 Å². The zero-order valence-electron chi connectivity index (χ0n) is 21.6. The van der Waals surface area contributed by atoms with Crippen LogP contribution in [0.2, 0.25) is 0 Å². The maximum Gasteiger partial charge on any atom is 0.201 e. The molecule has 0 amide bonds. The van der Waals surface area contributed by atoms with Crippen molar-refractivity contribution in [1.29, 1.82) is 0 Å². The number of benzene rings is 2. The lowest BCUT2D eigenvalue weighted by atomic mass is 9.76. The van der Waals surface area contributed by atoms with Crippen LogP contribution in [-0.2, 0) is 6.42 Å². The first-order valence-electron chi connectivity index (χ1n) is 14.3. The topological polar surface area (TPSA) is 9.23 Å². The van der Waals surface area contributed by atoms with E-state index in [1.54, 1.807) is 0 Å². The molecule has 3 heteroatoms. The smallest absolute Gasteiger partial charge is 0.201 e. The van der Waals surface area contributed by atoms with Crippen LogP contribution in [0.25, 0.3) is 0 Å². The molecule has 1 aliphatic heterocycles. The molecule has 0 aromatic heterocycles. The third-order valence-corrected chi connectivity index (χ3v) is 9.39. The number of hydrogen-bond donors (Lipinski definition) is 0. The Labute approximate surface area is 210 Å². The van der Waals surface area contributed by atoms with Gasteiger partial charge in [0.25, 0.3) is 0 Å². The molecule has 0 N–H and O–H groups in total. The Kier molecular flexibility index (Phi) is 7.80. The lowest BCUT2D eigenvalue weighted by molar-refractivity contribution is 0.165. The lowest BCUT2D eigenvalue weighted by Gasteiger charge is -2.32. The minimum Gasteiger partial charge on any atom is -0.482 e.